The van der Waals surface area contributed by atoms with Crippen molar-refractivity contribution in [3.63, 3.8) is 0 Å². The standard InChI is InChI=1S/C19H22O2/c1-4-12-13(5-2)19-16-10-14-11(7-6-8-17(14)20-3)9-15(16)18(12)21-19/h6-10,12-13,18-19H,4-5H2,1-3H3. The Hall–Kier alpha value is -1.54. The van der Waals surface area contributed by atoms with Crippen LogP contribution in [-0.4, -0.2) is 7.11 Å². The fraction of sp³-hybridized carbons (Fsp3) is 0.474. The van der Waals surface area contributed by atoms with E-state index in [1.165, 1.54) is 34.7 Å². The molecule has 2 bridgehead atoms. The average molecular weight is 282 g/mol. The molecule has 2 heterocycles. The maximum absolute atomic E-state index is 6.35. The molecule has 2 aromatic rings. The van der Waals surface area contributed by atoms with Crippen LogP contribution in [0.25, 0.3) is 10.8 Å². The van der Waals surface area contributed by atoms with E-state index >= 15 is 0 Å². The Balaban J connectivity index is 1.91. The predicted molar refractivity (Wildman–Crippen MR) is 84.6 cm³/mol. The maximum atomic E-state index is 6.35. The topological polar surface area (TPSA) is 18.5 Å². The van der Waals surface area contributed by atoms with E-state index in [1.807, 2.05) is 6.07 Å². The first-order valence-electron chi connectivity index (χ1n) is 8.04. The smallest absolute Gasteiger partial charge is 0.126 e. The second-order valence-corrected chi connectivity index (χ2v) is 6.28. The zero-order chi connectivity index (χ0) is 14.6. The van der Waals surface area contributed by atoms with Crippen LogP contribution in [0.5, 0.6) is 5.75 Å². The van der Waals surface area contributed by atoms with Gasteiger partial charge in [0.25, 0.3) is 0 Å². The van der Waals surface area contributed by atoms with Gasteiger partial charge < -0.3 is 9.47 Å². The van der Waals surface area contributed by atoms with Gasteiger partial charge in [-0.1, -0.05) is 38.8 Å². The van der Waals surface area contributed by atoms with E-state index in [2.05, 4.69) is 38.1 Å². The van der Waals surface area contributed by atoms with Crippen molar-refractivity contribution in [3.05, 3.63) is 41.5 Å². The average Bonchev–Trinajstić information content (AvgIpc) is 3.07. The number of ether oxygens (including phenoxy) is 2. The minimum Gasteiger partial charge on any atom is -0.496 e. The molecule has 0 aromatic heterocycles. The summed E-state index contributed by atoms with van der Waals surface area (Å²) in [6.45, 7) is 4.58. The van der Waals surface area contributed by atoms with Gasteiger partial charge in [-0.15, -0.1) is 0 Å². The number of rotatable bonds is 3. The summed E-state index contributed by atoms with van der Waals surface area (Å²) in [5.74, 6) is 2.30. The van der Waals surface area contributed by atoms with Gasteiger partial charge in [0, 0.05) is 5.39 Å². The molecule has 0 spiro atoms. The molecular weight excluding hydrogens is 260 g/mol. The zero-order valence-electron chi connectivity index (χ0n) is 12.9. The third-order valence-corrected chi connectivity index (χ3v) is 5.44. The molecule has 4 rings (SSSR count). The van der Waals surface area contributed by atoms with Crippen molar-refractivity contribution in [2.45, 2.75) is 38.9 Å². The summed E-state index contributed by atoms with van der Waals surface area (Å²) in [5.41, 5.74) is 2.81. The van der Waals surface area contributed by atoms with Crippen LogP contribution in [0.15, 0.2) is 30.3 Å². The second-order valence-electron chi connectivity index (χ2n) is 6.28. The van der Waals surface area contributed by atoms with E-state index in [0.29, 0.717) is 17.9 Å². The number of benzene rings is 2. The van der Waals surface area contributed by atoms with Gasteiger partial charge in [0.15, 0.2) is 0 Å². The molecule has 2 aromatic carbocycles. The van der Waals surface area contributed by atoms with E-state index in [-0.39, 0.29) is 6.10 Å². The number of methoxy groups -OCH3 is 1. The first-order chi connectivity index (χ1) is 10.3. The van der Waals surface area contributed by atoms with Gasteiger partial charge in [-0.2, -0.15) is 0 Å². The van der Waals surface area contributed by atoms with Crippen LogP contribution in [0.4, 0.5) is 0 Å². The molecule has 2 aliphatic rings. The van der Waals surface area contributed by atoms with Crippen LogP contribution >= 0.6 is 0 Å². The number of hydrogen-bond donors (Lipinski definition) is 0. The molecule has 0 aliphatic carbocycles. The summed E-state index contributed by atoms with van der Waals surface area (Å²) in [6.07, 6.45) is 2.99. The molecule has 2 nitrogen and oxygen atoms in total. The number of hydrogen-bond acceptors (Lipinski definition) is 2. The molecule has 2 aliphatic heterocycles. The summed E-state index contributed by atoms with van der Waals surface area (Å²) in [4.78, 5) is 0. The van der Waals surface area contributed by atoms with Crippen LogP contribution in [0, 0.1) is 11.8 Å². The summed E-state index contributed by atoms with van der Waals surface area (Å²) < 4.78 is 11.9. The molecule has 0 N–H and O–H groups in total. The quantitative estimate of drug-likeness (QED) is 0.786. The lowest BCUT2D eigenvalue weighted by molar-refractivity contribution is 0.0534. The van der Waals surface area contributed by atoms with Gasteiger partial charge in [-0.3, -0.25) is 0 Å². The largest absolute Gasteiger partial charge is 0.496 e. The molecule has 110 valence electrons. The molecular formula is C19H22O2. The van der Waals surface area contributed by atoms with Crippen molar-refractivity contribution in [3.8, 4) is 5.75 Å². The van der Waals surface area contributed by atoms with Gasteiger partial charge in [0.05, 0.1) is 19.3 Å². The highest BCUT2D eigenvalue weighted by Crippen LogP contribution is 2.59. The van der Waals surface area contributed by atoms with Crippen LogP contribution in [0.1, 0.15) is 50.0 Å². The summed E-state index contributed by atoms with van der Waals surface area (Å²) in [6, 6.07) is 10.9. The van der Waals surface area contributed by atoms with Crippen LogP contribution in [0.3, 0.4) is 0 Å². The molecule has 4 unspecified atom stereocenters. The highest BCUT2D eigenvalue weighted by atomic mass is 16.5. The van der Waals surface area contributed by atoms with Gasteiger partial charge in [0.1, 0.15) is 5.75 Å². The van der Waals surface area contributed by atoms with E-state index in [1.54, 1.807) is 7.11 Å². The van der Waals surface area contributed by atoms with E-state index in [4.69, 9.17) is 9.47 Å². The minimum atomic E-state index is 0.286. The lowest BCUT2D eigenvalue weighted by atomic mass is 9.73. The Kier molecular flexibility index (Phi) is 2.97. The SMILES string of the molecule is CCC1C2OC(c3cc4c(OC)cccc4cc32)C1CC. The fourth-order valence-corrected chi connectivity index (χ4v) is 4.45. The second kappa shape index (κ2) is 4.74. The van der Waals surface area contributed by atoms with Gasteiger partial charge in [-0.05, 0) is 46.5 Å². The monoisotopic (exact) mass is 282 g/mol. The number of fused-ring (bicyclic) bond motifs is 6. The zero-order valence-corrected chi connectivity index (χ0v) is 12.9. The lowest BCUT2D eigenvalue weighted by Crippen LogP contribution is -2.20. The Morgan fingerprint density at radius 3 is 2.29 bits per heavy atom. The van der Waals surface area contributed by atoms with Crippen molar-refractivity contribution in [1.29, 1.82) is 0 Å². The molecule has 1 fully saturated rings. The normalized spacial score (nSPS) is 29.9. The molecule has 0 amide bonds. The molecule has 0 saturated carbocycles. The predicted octanol–water partition coefficient (Wildman–Crippen LogP) is 5.03. The first-order valence-corrected chi connectivity index (χ1v) is 8.04. The van der Waals surface area contributed by atoms with Crippen LogP contribution in [0.2, 0.25) is 0 Å². The third kappa shape index (κ3) is 1.69. The van der Waals surface area contributed by atoms with E-state index in [0.717, 1.165) is 5.75 Å². The Bertz CT molecular complexity index is 691. The maximum Gasteiger partial charge on any atom is 0.126 e. The van der Waals surface area contributed by atoms with Crippen molar-refractivity contribution < 1.29 is 9.47 Å². The highest BCUT2D eigenvalue weighted by Gasteiger charge is 2.50. The molecule has 21 heavy (non-hydrogen) atoms. The van der Waals surface area contributed by atoms with Gasteiger partial charge in [0.2, 0.25) is 0 Å². The van der Waals surface area contributed by atoms with Crippen molar-refractivity contribution in [2.24, 2.45) is 11.8 Å². The third-order valence-electron chi connectivity index (χ3n) is 5.44. The molecule has 0 radical (unpaired) electrons. The molecule has 1 saturated heterocycles. The van der Waals surface area contributed by atoms with Gasteiger partial charge in [-0.25, -0.2) is 0 Å². The van der Waals surface area contributed by atoms with Crippen molar-refractivity contribution >= 4 is 10.8 Å². The lowest BCUT2D eigenvalue weighted by Gasteiger charge is -2.28. The summed E-state index contributed by atoms with van der Waals surface area (Å²) >= 11 is 0. The summed E-state index contributed by atoms with van der Waals surface area (Å²) in [5, 5.41) is 2.46. The minimum absolute atomic E-state index is 0.286. The molecule has 2 heteroatoms. The van der Waals surface area contributed by atoms with E-state index < -0.39 is 0 Å². The van der Waals surface area contributed by atoms with Crippen LogP contribution in [-0.2, 0) is 4.74 Å². The fourth-order valence-electron chi connectivity index (χ4n) is 4.45. The van der Waals surface area contributed by atoms with Crippen LogP contribution < -0.4 is 4.74 Å². The van der Waals surface area contributed by atoms with Gasteiger partial charge >= 0.3 is 0 Å². The first kappa shape index (κ1) is 13.1. The Morgan fingerprint density at radius 2 is 1.67 bits per heavy atom. The van der Waals surface area contributed by atoms with Crippen molar-refractivity contribution in [1.82, 2.24) is 0 Å². The molecule has 4 atom stereocenters. The van der Waals surface area contributed by atoms with E-state index in [9.17, 15) is 0 Å². The Labute approximate surface area is 126 Å². The summed E-state index contributed by atoms with van der Waals surface area (Å²) in [7, 11) is 1.74. The van der Waals surface area contributed by atoms with Crippen molar-refractivity contribution in [2.75, 3.05) is 7.11 Å². The highest BCUT2D eigenvalue weighted by molar-refractivity contribution is 5.90. The Morgan fingerprint density at radius 1 is 1.00 bits per heavy atom.